The molecule has 0 aromatic carbocycles. The van der Waals surface area contributed by atoms with Crippen molar-refractivity contribution in [3.05, 3.63) is 47.0 Å². The van der Waals surface area contributed by atoms with Crippen molar-refractivity contribution >= 4 is 0 Å². The molecule has 2 rings (SSSR count). The Kier molecular flexibility index (Phi) is 4.32. The monoisotopic (exact) mass is 258 g/mol. The third kappa shape index (κ3) is 3.20. The first-order chi connectivity index (χ1) is 9.11. The largest absolute Gasteiger partial charge is 0.306 e. The van der Waals surface area contributed by atoms with E-state index < -0.39 is 0 Å². The lowest BCUT2D eigenvalue weighted by atomic mass is 10.00. The van der Waals surface area contributed by atoms with E-state index in [9.17, 15) is 0 Å². The summed E-state index contributed by atoms with van der Waals surface area (Å²) in [7, 11) is 1.95. The number of aromatic nitrogens is 3. The van der Waals surface area contributed by atoms with Crippen LogP contribution in [0.25, 0.3) is 0 Å². The van der Waals surface area contributed by atoms with Gasteiger partial charge in [-0.05, 0) is 38.4 Å². The van der Waals surface area contributed by atoms with Crippen molar-refractivity contribution in [3.8, 4) is 0 Å². The van der Waals surface area contributed by atoms with E-state index in [1.807, 2.05) is 24.9 Å². The average molecular weight is 258 g/mol. The van der Waals surface area contributed by atoms with E-state index in [1.54, 1.807) is 0 Å². The predicted molar refractivity (Wildman–Crippen MR) is 77.1 cm³/mol. The Morgan fingerprint density at radius 1 is 1.32 bits per heavy atom. The molecule has 0 amide bonds. The lowest BCUT2D eigenvalue weighted by Gasteiger charge is -2.19. The van der Waals surface area contributed by atoms with Crippen LogP contribution in [0.3, 0.4) is 0 Å². The molecule has 2 heterocycles. The molecule has 2 aromatic rings. The smallest absolute Gasteiger partial charge is 0.0625 e. The van der Waals surface area contributed by atoms with Crippen LogP contribution < -0.4 is 5.32 Å². The number of hydrogen-bond donors (Lipinski definition) is 1. The van der Waals surface area contributed by atoms with E-state index in [1.165, 1.54) is 11.1 Å². The number of hydrogen-bond acceptors (Lipinski definition) is 3. The Hall–Kier alpha value is -1.68. The van der Waals surface area contributed by atoms with E-state index in [0.29, 0.717) is 0 Å². The van der Waals surface area contributed by atoms with Crippen molar-refractivity contribution in [2.75, 3.05) is 6.54 Å². The fraction of sp³-hybridized carbons (Fsp3) is 0.467. The van der Waals surface area contributed by atoms with Crippen molar-refractivity contribution in [3.63, 3.8) is 0 Å². The van der Waals surface area contributed by atoms with Gasteiger partial charge < -0.3 is 5.32 Å². The summed E-state index contributed by atoms with van der Waals surface area (Å²) >= 11 is 0. The first kappa shape index (κ1) is 13.7. The summed E-state index contributed by atoms with van der Waals surface area (Å²) in [5.74, 6) is 0. The van der Waals surface area contributed by atoms with Gasteiger partial charge in [0.1, 0.15) is 0 Å². The number of aryl methyl sites for hydroxylation is 3. The molecule has 0 spiro atoms. The highest BCUT2D eigenvalue weighted by atomic mass is 15.2. The summed E-state index contributed by atoms with van der Waals surface area (Å²) < 4.78 is 1.84. The molecule has 0 saturated heterocycles. The molecule has 4 nitrogen and oxygen atoms in total. The van der Waals surface area contributed by atoms with E-state index >= 15 is 0 Å². The second kappa shape index (κ2) is 5.97. The topological polar surface area (TPSA) is 42.7 Å². The molecule has 19 heavy (non-hydrogen) atoms. The molecule has 4 heteroatoms. The van der Waals surface area contributed by atoms with E-state index in [0.717, 1.165) is 24.4 Å². The fourth-order valence-corrected chi connectivity index (χ4v) is 2.29. The third-order valence-electron chi connectivity index (χ3n) is 3.23. The summed E-state index contributed by atoms with van der Waals surface area (Å²) in [4.78, 5) is 4.57. The summed E-state index contributed by atoms with van der Waals surface area (Å²) in [6, 6.07) is 4.40. The predicted octanol–water partition coefficient (Wildman–Crippen LogP) is 2.52. The zero-order chi connectivity index (χ0) is 13.8. The lowest BCUT2D eigenvalue weighted by Crippen LogP contribution is -2.24. The van der Waals surface area contributed by atoms with Crippen LogP contribution in [-0.4, -0.2) is 21.3 Å². The van der Waals surface area contributed by atoms with Gasteiger partial charge in [-0.1, -0.05) is 13.0 Å². The van der Waals surface area contributed by atoms with Crippen LogP contribution in [0.1, 0.15) is 41.9 Å². The van der Waals surface area contributed by atoms with Gasteiger partial charge in [-0.2, -0.15) is 5.10 Å². The van der Waals surface area contributed by atoms with Crippen molar-refractivity contribution < 1.29 is 0 Å². The van der Waals surface area contributed by atoms with Gasteiger partial charge in [0.25, 0.3) is 0 Å². The standard InChI is InChI=1S/C15H22N4/c1-5-8-16-15(13-9-17-19(4)10-13)14-7-6-11(2)18-12(14)3/h6-7,9-10,15-16H,5,8H2,1-4H3. The van der Waals surface area contributed by atoms with E-state index in [4.69, 9.17) is 0 Å². The fourth-order valence-electron chi connectivity index (χ4n) is 2.29. The van der Waals surface area contributed by atoms with Crippen LogP contribution in [0.5, 0.6) is 0 Å². The van der Waals surface area contributed by atoms with E-state index in [-0.39, 0.29) is 6.04 Å². The number of pyridine rings is 1. The number of nitrogens with zero attached hydrogens (tertiary/aromatic N) is 3. The molecular formula is C15H22N4. The zero-order valence-electron chi connectivity index (χ0n) is 12.1. The van der Waals surface area contributed by atoms with Crippen LogP contribution >= 0.6 is 0 Å². The summed E-state index contributed by atoms with van der Waals surface area (Å²) in [5.41, 5.74) is 4.55. The van der Waals surface area contributed by atoms with Crippen molar-refractivity contribution in [1.29, 1.82) is 0 Å². The third-order valence-corrected chi connectivity index (χ3v) is 3.23. The van der Waals surface area contributed by atoms with Gasteiger partial charge in [0.05, 0.1) is 12.2 Å². The number of rotatable bonds is 5. The van der Waals surface area contributed by atoms with Crippen molar-refractivity contribution in [2.24, 2.45) is 7.05 Å². The molecule has 1 unspecified atom stereocenters. The van der Waals surface area contributed by atoms with Crippen molar-refractivity contribution in [2.45, 2.75) is 33.2 Å². The molecule has 0 fully saturated rings. The molecule has 2 aromatic heterocycles. The molecule has 0 aliphatic heterocycles. The van der Waals surface area contributed by atoms with Gasteiger partial charge in [0, 0.05) is 30.2 Å². The molecular weight excluding hydrogens is 236 g/mol. The van der Waals surface area contributed by atoms with Gasteiger partial charge in [0.2, 0.25) is 0 Å². The molecule has 0 saturated carbocycles. The maximum Gasteiger partial charge on any atom is 0.0625 e. The minimum atomic E-state index is 0.168. The Balaban J connectivity index is 2.36. The van der Waals surface area contributed by atoms with Crippen LogP contribution in [0.4, 0.5) is 0 Å². The number of nitrogens with one attached hydrogen (secondary N) is 1. The summed E-state index contributed by atoms with van der Waals surface area (Å²) in [5, 5.41) is 7.86. The first-order valence-corrected chi connectivity index (χ1v) is 6.78. The normalized spacial score (nSPS) is 12.6. The van der Waals surface area contributed by atoms with Gasteiger partial charge in [-0.15, -0.1) is 0 Å². The van der Waals surface area contributed by atoms with Gasteiger partial charge in [0.15, 0.2) is 0 Å². The quantitative estimate of drug-likeness (QED) is 0.896. The van der Waals surface area contributed by atoms with Crippen LogP contribution in [0.2, 0.25) is 0 Å². The Morgan fingerprint density at radius 2 is 2.11 bits per heavy atom. The second-order valence-electron chi connectivity index (χ2n) is 4.96. The molecule has 1 N–H and O–H groups in total. The highest BCUT2D eigenvalue weighted by Crippen LogP contribution is 2.23. The summed E-state index contributed by atoms with van der Waals surface area (Å²) in [6.07, 6.45) is 5.09. The van der Waals surface area contributed by atoms with Gasteiger partial charge >= 0.3 is 0 Å². The van der Waals surface area contributed by atoms with E-state index in [2.05, 4.69) is 47.6 Å². The molecule has 0 aliphatic carbocycles. The highest BCUT2D eigenvalue weighted by Gasteiger charge is 2.17. The Bertz CT molecular complexity index is 545. The van der Waals surface area contributed by atoms with Crippen LogP contribution in [0, 0.1) is 13.8 Å². The first-order valence-electron chi connectivity index (χ1n) is 6.78. The molecule has 0 radical (unpaired) electrons. The van der Waals surface area contributed by atoms with Gasteiger partial charge in [-0.25, -0.2) is 0 Å². The second-order valence-corrected chi connectivity index (χ2v) is 4.96. The van der Waals surface area contributed by atoms with Crippen LogP contribution in [0.15, 0.2) is 24.5 Å². The average Bonchev–Trinajstić information content (AvgIpc) is 2.78. The SMILES string of the molecule is CCCNC(c1cnn(C)c1)c1ccc(C)nc1C. The molecule has 0 aliphatic rings. The minimum Gasteiger partial charge on any atom is -0.306 e. The Morgan fingerprint density at radius 3 is 2.68 bits per heavy atom. The summed E-state index contributed by atoms with van der Waals surface area (Å²) in [6.45, 7) is 7.25. The lowest BCUT2D eigenvalue weighted by molar-refractivity contribution is 0.593. The molecule has 0 bridgehead atoms. The maximum atomic E-state index is 4.57. The van der Waals surface area contributed by atoms with Crippen molar-refractivity contribution in [1.82, 2.24) is 20.1 Å². The molecule has 102 valence electrons. The Labute approximate surface area is 114 Å². The molecule has 1 atom stereocenters. The van der Waals surface area contributed by atoms with Crippen LogP contribution in [-0.2, 0) is 7.05 Å². The minimum absolute atomic E-state index is 0.168. The zero-order valence-corrected chi connectivity index (χ0v) is 12.1. The van der Waals surface area contributed by atoms with Gasteiger partial charge in [-0.3, -0.25) is 9.67 Å². The maximum absolute atomic E-state index is 4.57. The highest BCUT2D eigenvalue weighted by molar-refractivity contribution is 5.32.